The molecule has 0 fully saturated rings. The second kappa shape index (κ2) is 8.14. The van der Waals surface area contributed by atoms with E-state index in [4.69, 9.17) is 16.2 Å². The van der Waals surface area contributed by atoms with Gasteiger partial charge in [0.05, 0.1) is 5.56 Å². The molecule has 1 aromatic rings. The Hall–Kier alpha value is -2.24. The van der Waals surface area contributed by atoms with Gasteiger partial charge in [0.15, 0.2) is 6.10 Å². The minimum Gasteiger partial charge on any atom is -0.449 e. The van der Waals surface area contributed by atoms with Crippen molar-refractivity contribution in [3.8, 4) is 0 Å². The number of carbonyl (C=O) groups is 2. The number of amides is 1. The number of nitrogen functional groups attached to an aromatic ring is 2. The molecular weight excluding hydrogens is 270 g/mol. The van der Waals surface area contributed by atoms with Crippen LogP contribution < -0.4 is 16.8 Å². The molecule has 0 aliphatic carbocycles. The Labute approximate surface area is 124 Å². The molecule has 1 aromatic carbocycles. The number of hydrogen-bond donors (Lipinski definition) is 3. The van der Waals surface area contributed by atoms with Gasteiger partial charge >= 0.3 is 5.97 Å². The lowest BCUT2D eigenvalue weighted by Gasteiger charge is -2.14. The summed E-state index contributed by atoms with van der Waals surface area (Å²) in [7, 11) is 0. The molecule has 1 amide bonds. The fourth-order valence-corrected chi connectivity index (χ4v) is 1.77. The van der Waals surface area contributed by atoms with Gasteiger partial charge < -0.3 is 21.5 Å². The number of unbranched alkanes of at least 4 members (excludes halogenated alkanes) is 2. The van der Waals surface area contributed by atoms with Crippen molar-refractivity contribution in [3.05, 3.63) is 23.8 Å². The van der Waals surface area contributed by atoms with E-state index in [0.29, 0.717) is 12.2 Å². The van der Waals surface area contributed by atoms with Gasteiger partial charge in [-0.3, -0.25) is 4.79 Å². The van der Waals surface area contributed by atoms with Crippen LogP contribution in [0.15, 0.2) is 18.2 Å². The van der Waals surface area contributed by atoms with E-state index in [2.05, 4.69) is 12.2 Å². The smallest absolute Gasteiger partial charge is 0.341 e. The Morgan fingerprint density at radius 2 is 2.00 bits per heavy atom. The van der Waals surface area contributed by atoms with Gasteiger partial charge in [-0.2, -0.15) is 0 Å². The molecule has 5 N–H and O–H groups in total. The number of ether oxygens (including phenoxy) is 1. The minimum absolute atomic E-state index is 0.204. The molecule has 1 rings (SSSR count). The molecule has 0 bridgehead atoms. The molecule has 116 valence electrons. The van der Waals surface area contributed by atoms with E-state index >= 15 is 0 Å². The van der Waals surface area contributed by atoms with Gasteiger partial charge in [0.2, 0.25) is 0 Å². The van der Waals surface area contributed by atoms with Crippen molar-refractivity contribution in [1.82, 2.24) is 5.32 Å². The topological polar surface area (TPSA) is 107 Å². The Bertz CT molecular complexity index is 503. The molecule has 1 unspecified atom stereocenters. The van der Waals surface area contributed by atoms with Crippen LogP contribution in [0.2, 0.25) is 0 Å². The predicted molar refractivity (Wildman–Crippen MR) is 82.7 cm³/mol. The lowest BCUT2D eigenvalue weighted by molar-refractivity contribution is -0.129. The Kier molecular flexibility index (Phi) is 6.52. The van der Waals surface area contributed by atoms with Crippen LogP contribution in [0.1, 0.15) is 43.5 Å². The highest BCUT2D eigenvalue weighted by Crippen LogP contribution is 2.17. The Morgan fingerprint density at radius 1 is 1.29 bits per heavy atom. The van der Waals surface area contributed by atoms with Gasteiger partial charge in [-0.25, -0.2) is 4.79 Å². The molecule has 6 heteroatoms. The summed E-state index contributed by atoms with van der Waals surface area (Å²) in [5.74, 6) is -0.947. The third-order valence-electron chi connectivity index (χ3n) is 3.03. The Morgan fingerprint density at radius 3 is 2.62 bits per heavy atom. The molecule has 21 heavy (non-hydrogen) atoms. The number of nitrogens with two attached hydrogens (primary N) is 2. The summed E-state index contributed by atoms with van der Waals surface area (Å²) in [4.78, 5) is 23.7. The Balaban J connectivity index is 2.51. The fraction of sp³-hybridized carbons (Fsp3) is 0.467. The van der Waals surface area contributed by atoms with Crippen molar-refractivity contribution in [1.29, 1.82) is 0 Å². The van der Waals surface area contributed by atoms with Gasteiger partial charge in [-0.15, -0.1) is 0 Å². The SMILES string of the molecule is CCCCCNC(=O)C(C)OC(=O)c1ccc(N)cc1N. The van der Waals surface area contributed by atoms with Gasteiger partial charge in [0, 0.05) is 17.9 Å². The first kappa shape index (κ1) is 16.8. The van der Waals surface area contributed by atoms with Crippen molar-refractivity contribution in [2.45, 2.75) is 39.2 Å². The first-order valence-corrected chi connectivity index (χ1v) is 7.09. The minimum atomic E-state index is -0.865. The maximum atomic E-state index is 11.9. The summed E-state index contributed by atoms with van der Waals surface area (Å²) in [6.07, 6.45) is 2.18. The standard InChI is InChI=1S/C15H23N3O3/c1-3-4-5-8-18-14(19)10(2)21-15(20)12-7-6-11(16)9-13(12)17/h6-7,9-10H,3-5,8,16-17H2,1-2H3,(H,18,19). The molecule has 0 heterocycles. The molecule has 0 aromatic heterocycles. The first-order chi connectivity index (χ1) is 9.95. The van der Waals surface area contributed by atoms with Crippen LogP contribution in [-0.2, 0) is 9.53 Å². The molecule has 0 saturated carbocycles. The molecular formula is C15H23N3O3. The normalized spacial score (nSPS) is 11.7. The van der Waals surface area contributed by atoms with Crippen molar-refractivity contribution in [2.75, 3.05) is 18.0 Å². The summed E-state index contributed by atoms with van der Waals surface area (Å²) in [5, 5.41) is 2.73. The second-order valence-corrected chi connectivity index (χ2v) is 4.89. The zero-order valence-corrected chi connectivity index (χ0v) is 12.5. The lowest BCUT2D eigenvalue weighted by Crippen LogP contribution is -2.36. The van der Waals surface area contributed by atoms with Gasteiger partial charge in [-0.1, -0.05) is 19.8 Å². The van der Waals surface area contributed by atoms with E-state index < -0.39 is 12.1 Å². The molecule has 0 radical (unpaired) electrons. The highest BCUT2D eigenvalue weighted by Gasteiger charge is 2.19. The van der Waals surface area contributed by atoms with E-state index in [1.807, 2.05) is 0 Å². The zero-order valence-electron chi connectivity index (χ0n) is 12.5. The van der Waals surface area contributed by atoms with Crippen LogP contribution in [-0.4, -0.2) is 24.5 Å². The van der Waals surface area contributed by atoms with Crippen molar-refractivity contribution in [2.24, 2.45) is 0 Å². The monoisotopic (exact) mass is 293 g/mol. The van der Waals surface area contributed by atoms with Crippen LogP contribution in [0.25, 0.3) is 0 Å². The highest BCUT2D eigenvalue weighted by molar-refractivity contribution is 5.97. The molecule has 0 saturated heterocycles. The van der Waals surface area contributed by atoms with Crippen LogP contribution in [0.3, 0.4) is 0 Å². The summed E-state index contributed by atoms with van der Waals surface area (Å²) in [6.45, 7) is 4.20. The number of rotatable bonds is 7. The maximum Gasteiger partial charge on any atom is 0.341 e. The number of carbonyl (C=O) groups excluding carboxylic acids is 2. The van der Waals surface area contributed by atoms with Crippen molar-refractivity contribution in [3.63, 3.8) is 0 Å². The number of anilines is 2. The van der Waals surface area contributed by atoms with E-state index in [-0.39, 0.29) is 17.2 Å². The molecule has 0 spiro atoms. The van der Waals surface area contributed by atoms with Gasteiger partial charge in [0.25, 0.3) is 5.91 Å². The highest BCUT2D eigenvalue weighted by atomic mass is 16.5. The lowest BCUT2D eigenvalue weighted by atomic mass is 10.1. The summed E-state index contributed by atoms with van der Waals surface area (Å²) in [5.41, 5.74) is 12.2. The summed E-state index contributed by atoms with van der Waals surface area (Å²) in [6, 6.07) is 4.52. The first-order valence-electron chi connectivity index (χ1n) is 7.09. The number of benzene rings is 1. The van der Waals surface area contributed by atoms with E-state index in [0.717, 1.165) is 19.3 Å². The van der Waals surface area contributed by atoms with Crippen LogP contribution >= 0.6 is 0 Å². The quantitative estimate of drug-likeness (QED) is 0.403. The van der Waals surface area contributed by atoms with E-state index in [1.54, 1.807) is 6.07 Å². The number of esters is 1. The van der Waals surface area contributed by atoms with Gasteiger partial charge in [0.1, 0.15) is 0 Å². The average Bonchev–Trinajstić information content (AvgIpc) is 2.43. The zero-order chi connectivity index (χ0) is 15.8. The molecule has 6 nitrogen and oxygen atoms in total. The third-order valence-corrected chi connectivity index (χ3v) is 3.03. The average molecular weight is 293 g/mol. The van der Waals surface area contributed by atoms with Crippen molar-refractivity contribution >= 4 is 23.3 Å². The predicted octanol–water partition coefficient (Wildman–Crippen LogP) is 1.70. The van der Waals surface area contributed by atoms with Crippen LogP contribution in [0.4, 0.5) is 11.4 Å². The molecule has 1 atom stereocenters. The summed E-state index contributed by atoms with van der Waals surface area (Å²) < 4.78 is 5.10. The van der Waals surface area contributed by atoms with Gasteiger partial charge in [-0.05, 0) is 31.5 Å². The summed E-state index contributed by atoms with van der Waals surface area (Å²) >= 11 is 0. The fourth-order valence-electron chi connectivity index (χ4n) is 1.77. The maximum absolute atomic E-state index is 11.9. The van der Waals surface area contributed by atoms with Crippen molar-refractivity contribution < 1.29 is 14.3 Å². The second-order valence-electron chi connectivity index (χ2n) is 4.89. The largest absolute Gasteiger partial charge is 0.449 e. The van der Waals surface area contributed by atoms with E-state index in [1.165, 1.54) is 19.1 Å². The van der Waals surface area contributed by atoms with Crippen LogP contribution in [0, 0.1) is 0 Å². The van der Waals surface area contributed by atoms with Crippen LogP contribution in [0.5, 0.6) is 0 Å². The third kappa shape index (κ3) is 5.33. The number of hydrogen-bond acceptors (Lipinski definition) is 5. The number of nitrogens with one attached hydrogen (secondary N) is 1. The molecule has 0 aliphatic heterocycles. The van der Waals surface area contributed by atoms with E-state index in [9.17, 15) is 9.59 Å². The molecule has 0 aliphatic rings.